The third-order valence-electron chi connectivity index (χ3n) is 5.07. The Morgan fingerprint density at radius 2 is 1.07 bits per heavy atom. The van der Waals surface area contributed by atoms with E-state index in [4.69, 9.17) is 32.7 Å². The molecule has 0 saturated heterocycles. The Labute approximate surface area is 257 Å². The van der Waals surface area contributed by atoms with Crippen molar-refractivity contribution in [3.05, 3.63) is 47.0 Å². The van der Waals surface area contributed by atoms with E-state index in [1.165, 1.54) is 38.5 Å². The number of benzene rings is 2. The summed E-state index contributed by atoms with van der Waals surface area (Å²) in [4.78, 5) is 34.0. The van der Waals surface area contributed by atoms with Gasteiger partial charge in [-0.2, -0.15) is 46.7 Å². The van der Waals surface area contributed by atoms with Crippen LogP contribution in [-0.2, 0) is 20.2 Å². The van der Waals surface area contributed by atoms with Crippen LogP contribution in [0.4, 0.5) is 39.4 Å². The van der Waals surface area contributed by atoms with Crippen molar-refractivity contribution in [1.82, 2.24) is 29.9 Å². The van der Waals surface area contributed by atoms with Crippen LogP contribution < -0.4 is 30.7 Å². The van der Waals surface area contributed by atoms with Gasteiger partial charge in [-0.05, 0) is 59.6 Å². The van der Waals surface area contributed by atoms with Crippen LogP contribution in [-0.4, -0.2) is 76.1 Å². The molecule has 4 aromatic rings. The Hall–Kier alpha value is -4.67. The molecule has 0 aliphatic heterocycles. The van der Waals surface area contributed by atoms with Crippen molar-refractivity contribution in [2.45, 2.75) is 9.79 Å². The summed E-state index contributed by atoms with van der Waals surface area (Å²) in [6.45, 7) is 0. The highest BCUT2D eigenvalue weighted by molar-refractivity contribution is 7.86. The Kier molecular flexibility index (Phi) is 9.46. The molecule has 0 spiro atoms. The Morgan fingerprint density at radius 3 is 1.41 bits per heavy atom. The fraction of sp³-hybridized carbons (Fsp3) is 0.0952. The molecule has 0 radical (unpaired) electrons. The number of urea groups is 1. The zero-order valence-corrected chi connectivity index (χ0v) is 25.1. The normalized spacial score (nSPS) is 11.4. The summed E-state index contributed by atoms with van der Waals surface area (Å²) in [5.41, 5.74) is -0.608. The van der Waals surface area contributed by atoms with Gasteiger partial charge in [0.05, 0.1) is 25.6 Å². The molecule has 0 atom stereocenters. The van der Waals surface area contributed by atoms with E-state index < -0.39 is 36.1 Å². The zero-order chi connectivity index (χ0) is 32.2. The first-order chi connectivity index (χ1) is 20.6. The van der Waals surface area contributed by atoms with Crippen molar-refractivity contribution >= 4 is 84.1 Å². The fourth-order valence-corrected chi connectivity index (χ4v) is 4.98. The van der Waals surface area contributed by atoms with E-state index in [1.807, 2.05) is 0 Å². The number of nitrogens with zero attached hydrogens (tertiary/aromatic N) is 6. The van der Waals surface area contributed by atoms with Gasteiger partial charge in [-0.15, -0.1) is 0 Å². The van der Waals surface area contributed by atoms with E-state index in [-0.39, 0.29) is 57.2 Å². The third-order valence-corrected chi connectivity index (χ3v) is 7.19. The smallest absolute Gasteiger partial charge is 0.323 e. The molecule has 19 nitrogen and oxygen atoms in total. The number of rotatable bonds is 10. The van der Waals surface area contributed by atoms with Crippen LogP contribution in [0.1, 0.15) is 0 Å². The minimum Gasteiger partial charge on any atom is -0.467 e. The first kappa shape index (κ1) is 32.2. The summed E-state index contributed by atoms with van der Waals surface area (Å²) < 4.78 is 77.6. The van der Waals surface area contributed by atoms with Crippen LogP contribution in [0.25, 0.3) is 0 Å². The van der Waals surface area contributed by atoms with E-state index in [9.17, 15) is 30.7 Å². The molecule has 4 rings (SSSR count). The fourth-order valence-electron chi connectivity index (χ4n) is 3.33. The summed E-state index contributed by atoms with van der Waals surface area (Å²) >= 11 is 11.6. The van der Waals surface area contributed by atoms with Crippen molar-refractivity contribution in [2.75, 3.05) is 35.5 Å². The van der Waals surface area contributed by atoms with E-state index in [1.54, 1.807) is 0 Å². The molecule has 0 saturated carbocycles. The van der Waals surface area contributed by atoms with Crippen molar-refractivity contribution in [1.29, 1.82) is 0 Å². The first-order valence-corrected chi connectivity index (χ1v) is 15.0. The molecule has 0 fully saturated rings. The standard InChI is InChI=1S/C21H18Cl2N10O9S2/c1-41-20-30-15(22)28-17(32-20)26-11-5-3-9(7-13(11)43(35,36)37)24-19(34)25-10-4-6-12(14(8-10)44(38,39)40)27-18-29-16(23)31-21(33-18)42-2/h3-8H,1-2H3,(H2,24,25,34)(H,35,36,37)(H,38,39,40)(H,26,28,30,32)(H,27,29,31,33). The number of halogens is 2. The van der Waals surface area contributed by atoms with Gasteiger partial charge in [0.15, 0.2) is 0 Å². The maximum Gasteiger partial charge on any atom is 0.323 e. The van der Waals surface area contributed by atoms with Gasteiger partial charge >= 0.3 is 18.1 Å². The van der Waals surface area contributed by atoms with Crippen molar-refractivity contribution in [2.24, 2.45) is 0 Å². The topological polar surface area (TPSA) is 270 Å². The molecule has 2 heterocycles. The Morgan fingerprint density at radius 1 is 0.682 bits per heavy atom. The molecule has 0 unspecified atom stereocenters. The maximum absolute atomic E-state index is 12.7. The number of methoxy groups -OCH3 is 2. The highest BCUT2D eigenvalue weighted by atomic mass is 35.5. The zero-order valence-electron chi connectivity index (χ0n) is 22.0. The van der Waals surface area contributed by atoms with E-state index in [0.717, 1.165) is 12.1 Å². The highest BCUT2D eigenvalue weighted by Crippen LogP contribution is 2.30. The average Bonchev–Trinajstić information content (AvgIpc) is 2.92. The first-order valence-electron chi connectivity index (χ1n) is 11.4. The number of hydrogen-bond acceptors (Lipinski definition) is 15. The van der Waals surface area contributed by atoms with Crippen LogP contribution in [0.15, 0.2) is 46.2 Å². The van der Waals surface area contributed by atoms with Crippen molar-refractivity contribution < 1.29 is 40.2 Å². The molecular weight excluding hydrogens is 671 g/mol. The summed E-state index contributed by atoms with van der Waals surface area (Å²) in [6, 6.07) is 5.42. The predicted molar refractivity (Wildman–Crippen MR) is 154 cm³/mol. The lowest BCUT2D eigenvalue weighted by Gasteiger charge is -2.14. The third kappa shape index (κ3) is 8.24. The summed E-state index contributed by atoms with van der Waals surface area (Å²) in [7, 11) is -7.18. The van der Waals surface area contributed by atoms with Gasteiger partial charge in [-0.1, -0.05) is 0 Å². The second-order valence-electron chi connectivity index (χ2n) is 8.03. The largest absolute Gasteiger partial charge is 0.467 e. The number of hydrogen-bond donors (Lipinski definition) is 6. The van der Waals surface area contributed by atoms with Crippen molar-refractivity contribution in [3.63, 3.8) is 0 Å². The second-order valence-corrected chi connectivity index (χ2v) is 11.5. The molecule has 6 N–H and O–H groups in total. The highest BCUT2D eigenvalue weighted by Gasteiger charge is 2.21. The van der Waals surface area contributed by atoms with Gasteiger partial charge in [0.1, 0.15) is 9.79 Å². The number of carbonyl (C=O) groups excluding carboxylic acids is 1. The van der Waals surface area contributed by atoms with Gasteiger partial charge in [0.2, 0.25) is 22.5 Å². The lowest BCUT2D eigenvalue weighted by Crippen LogP contribution is -2.20. The molecule has 232 valence electrons. The van der Waals surface area contributed by atoms with Crippen LogP contribution in [0, 0.1) is 0 Å². The van der Waals surface area contributed by atoms with Gasteiger partial charge < -0.3 is 30.7 Å². The molecular formula is C21H18Cl2N10O9S2. The van der Waals surface area contributed by atoms with Crippen LogP contribution in [0.5, 0.6) is 12.0 Å². The molecule has 23 heteroatoms. The molecule has 2 amide bonds. The number of anilines is 6. The molecule has 2 aromatic heterocycles. The quantitative estimate of drug-likeness (QED) is 0.131. The molecule has 0 aliphatic carbocycles. The average molecular weight is 689 g/mol. The predicted octanol–water partition coefficient (Wildman–Crippen LogP) is 3.01. The number of ether oxygens (including phenoxy) is 2. The minimum atomic E-state index is -4.86. The monoisotopic (exact) mass is 688 g/mol. The van der Waals surface area contributed by atoms with Gasteiger partial charge in [-0.3, -0.25) is 9.11 Å². The molecule has 0 aliphatic rings. The van der Waals surface area contributed by atoms with Gasteiger partial charge in [0, 0.05) is 11.4 Å². The number of carbonyl (C=O) groups is 1. The maximum atomic E-state index is 12.7. The summed E-state index contributed by atoms with van der Waals surface area (Å²) in [5, 5.41) is 9.26. The van der Waals surface area contributed by atoms with E-state index in [0.29, 0.717) is 0 Å². The molecule has 44 heavy (non-hydrogen) atoms. The summed E-state index contributed by atoms with van der Waals surface area (Å²) in [5.74, 6) is -0.425. The number of nitrogens with one attached hydrogen (secondary N) is 4. The van der Waals surface area contributed by atoms with E-state index >= 15 is 0 Å². The molecule has 2 aromatic carbocycles. The van der Waals surface area contributed by atoms with Crippen LogP contribution in [0.2, 0.25) is 10.6 Å². The SMILES string of the molecule is COc1nc(Cl)nc(Nc2ccc(NC(=O)Nc3ccc(Nc4nc(Cl)nc(OC)n4)c(S(=O)(=O)O)c3)cc2S(=O)(=O)O)n1. The van der Waals surface area contributed by atoms with Gasteiger partial charge in [-0.25, -0.2) is 4.79 Å². The lowest BCUT2D eigenvalue weighted by atomic mass is 10.2. The van der Waals surface area contributed by atoms with Crippen molar-refractivity contribution in [3.8, 4) is 12.0 Å². The van der Waals surface area contributed by atoms with E-state index in [2.05, 4.69) is 51.2 Å². The second kappa shape index (κ2) is 12.9. The number of aromatic nitrogens is 6. The number of amides is 2. The lowest BCUT2D eigenvalue weighted by molar-refractivity contribution is 0.262. The summed E-state index contributed by atoms with van der Waals surface area (Å²) in [6.07, 6.45) is 0. The molecule has 0 bridgehead atoms. The Bertz CT molecular complexity index is 1830. The Balaban J connectivity index is 1.56. The van der Waals surface area contributed by atoms with Crippen LogP contribution in [0.3, 0.4) is 0 Å². The minimum absolute atomic E-state index is 0.110. The van der Waals surface area contributed by atoms with Gasteiger partial charge in [0.25, 0.3) is 20.2 Å². The van der Waals surface area contributed by atoms with Crippen LogP contribution >= 0.6 is 23.2 Å².